The quantitative estimate of drug-likeness (QED) is 0.461. The Balaban J connectivity index is 1.93. The topological polar surface area (TPSA) is 85.1 Å². The number of aryl methyl sites for hydroxylation is 1. The van der Waals surface area contributed by atoms with Crippen LogP contribution in [0.4, 0.5) is 11.5 Å². The fourth-order valence-electron chi connectivity index (χ4n) is 2.25. The lowest BCUT2D eigenvalue weighted by molar-refractivity contribution is -0.384. The van der Waals surface area contributed by atoms with Crippen molar-refractivity contribution >= 4 is 40.8 Å². The van der Waals surface area contributed by atoms with Gasteiger partial charge in [0.2, 0.25) is 0 Å². The maximum Gasteiger partial charge on any atom is 0.270 e. The van der Waals surface area contributed by atoms with Crippen molar-refractivity contribution in [2.24, 2.45) is 0 Å². The molecule has 0 unspecified atom stereocenters. The van der Waals surface area contributed by atoms with Gasteiger partial charge in [-0.3, -0.25) is 14.9 Å². The second kappa shape index (κ2) is 8.20. The number of anilines is 1. The molecule has 27 heavy (non-hydrogen) atoms. The number of rotatable bonds is 5. The number of aromatic nitrogens is 1. The molecule has 8 heteroatoms. The molecule has 0 aliphatic rings. The number of pyridine rings is 1. The molecule has 1 aromatic heterocycles. The van der Waals surface area contributed by atoms with E-state index in [0.29, 0.717) is 15.7 Å². The van der Waals surface area contributed by atoms with Gasteiger partial charge in [-0.25, -0.2) is 4.98 Å². The second-order valence-corrected chi connectivity index (χ2v) is 7.22. The summed E-state index contributed by atoms with van der Waals surface area (Å²) in [5.41, 5.74) is 1.01. The van der Waals surface area contributed by atoms with E-state index in [1.807, 2.05) is 25.1 Å². The number of nitro benzene ring substituents is 1. The first-order valence-corrected chi connectivity index (χ1v) is 9.08. The SMILES string of the molecule is Cc1ccc(NC(=O)c2cc([N+](=O)[O-])ccc2Sc2ccc(Cl)cc2)nc1. The second-order valence-electron chi connectivity index (χ2n) is 5.67. The van der Waals surface area contributed by atoms with Crippen LogP contribution < -0.4 is 5.32 Å². The van der Waals surface area contributed by atoms with Crippen LogP contribution in [0.1, 0.15) is 15.9 Å². The summed E-state index contributed by atoms with van der Waals surface area (Å²) in [5, 5.41) is 14.4. The molecule has 1 amide bonds. The Morgan fingerprint density at radius 1 is 1.15 bits per heavy atom. The monoisotopic (exact) mass is 399 g/mol. The molecule has 0 radical (unpaired) electrons. The van der Waals surface area contributed by atoms with E-state index >= 15 is 0 Å². The molecule has 6 nitrogen and oxygen atoms in total. The number of hydrogen-bond acceptors (Lipinski definition) is 5. The molecule has 136 valence electrons. The van der Waals surface area contributed by atoms with Crippen molar-refractivity contribution in [1.29, 1.82) is 0 Å². The van der Waals surface area contributed by atoms with E-state index in [-0.39, 0.29) is 11.3 Å². The Bertz CT molecular complexity index is 992. The van der Waals surface area contributed by atoms with E-state index in [4.69, 9.17) is 11.6 Å². The number of carbonyl (C=O) groups is 1. The van der Waals surface area contributed by atoms with Crippen molar-refractivity contribution in [1.82, 2.24) is 4.98 Å². The van der Waals surface area contributed by atoms with Gasteiger partial charge in [-0.15, -0.1) is 0 Å². The van der Waals surface area contributed by atoms with Gasteiger partial charge in [0, 0.05) is 33.1 Å². The summed E-state index contributed by atoms with van der Waals surface area (Å²) < 4.78 is 0. The van der Waals surface area contributed by atoms with Crippen molar-refractivity contribution in [3.63, 3.8) is 0 Å². The predicted molar refractivity (Wildman–Crippen MR) is 106 cm³/mol. The maximum atomic E-state index is 12.7. The lowest BCUT2D eigenvalue weighted by Gasteiger charge is -2.10. The molecule has 0 aliphatic carbocycles. The predicted octanol–water partition coefficient (Wildman–Crippen LogP) is 5.36. The van der Waals surface area contributed by atoms with Crippen LogP contribution in [0.25, 0.3) is 0 Å². The van der Waals surface area contributed by atoms with Gasteiger partial charge in [0.05, 0.1) is 10.5 Å². The first-order valence-electron chi connectivity index (χ1n) is 7.88. The Kier molecular flexibility index (Phi) is 5.73. The number of amides is 1. The highest BCUT2D eigenvalue weighted by atomic mass is 35.5. The summed E-state index contributed by atoms with van der Waals surface area (Å²) in [6, 6.07) is 14.8. The Hall–Kier alpha value is -2.90. The van der Waals surface area contributed by atoms with Crippen LogP contribution in [0.15, 0.2) is 70.6 Å². The third kappa shape index (κ3) is 4.84. The molecule has 0 atom stereocenters. The maximum absolute atomic E-state index is 12.7. The average Bonchev–Trinajstić information content (AvgIpc) is 2.65. The molecule has 2 aromatic carbocycles. The smallest absolute Gasteiger partial charge is 0.270 e. The third-order valence-electron chi connectivity index (χ3n) is 3.61. The van der Waals surface area contributed by atoms with Crippen LogP contribution in [-0.4, -0.2) is 15.8 Å². The molecule has 0 fully saturated rings. The number of halogens is 1. The number of carbonyl (C=O) groups excluding carboxylic acids is 1. The minimum atomic E-state index is -0.530. The molecule has 0 bridgehead atoms. The zero-order valence-electron chi connectivity index (χ0n) is 14.2. The fraction of sp³-hybridized carbons (Fsp3) is 0.0526. The average molecular weight is 400 g/mol. The molecule has 3 aromatic rings. The van der Waals surface area contributed by atoms with E-state index in [1.165, 1.54) is 23.9 Å². The Morgan fingerprint density at radius 3 is 2.52 bits per heavy atom. The van der Waals surface area contributed by atoms with E-state index < -0.39 is 10.8 Å². The highest BCUT2D eigenvalue weighted by Gasteiger charge is 2.18. The fourth-order valence-corrected chi connectivity index (χ4v) is 3.30. The zero-order chi connectivity index (χ0) is 19.4. The Morgan fingerprint density at radius 2 is 1.89 bits per heavy atom. The molecule has 0 saturated carbocycles. The number of non-ortho nitro benzene ring substituents is 1. The normalized spacial score (nSPS) is 10.4. The third-order valence-corrected chi connectivity index (χ3v) is 4.95. The minimum absolute atomic E-state index is 0.155. The summed E-state index contributed by atoms with van der Waals surface area (Å²) in [6.07, 6.45) is 1.63. The molecule has 0 spiro atoms. The molecule has 1 N–H and O–H groups in total. The van der Waals surface area contributed by atoms with Gasteiger partial charge in [0.25, 0.3) is 11.6 Å². The summed E-state index contributed by atoms with van der Waals surface area (Å²) in [6.45, 7) is 1.89. The molecular formula is C19H14ClN3O3S. The van der Waals surface area contributed by atoms with Gasteiger partial charge in [0.1, 0.15) is 5.82 Å². The van der Waals surface area contributed by atoms with Gasteiger partial charge in [0.15, 0.2) is 0 Å². The van der Waals surface area contributed by atoms with Crippen LogP contribution >= 0.6 is 23.4 Å². The molecule has 0 saturated heterocycles. The van der Waals surface area contributed by atoms with Gasteiger partial charge >= 0.3 is 0 Å². The van der Waals surface area contributed by atoms with Crippen molar-refractivity contribution in [2.75, 3.05) is 5.32 Å². The number of nitrogens with one attached hydrogen (secondary N) is 1. The summed E-state index contributed by atoms with van der Waals surface area (Å²) in [4.78, 5) is 28.9. The summed E-state index contributed by atoms with van der Waals surface area (Å²) in [7, 11) is 0. The molecule has 0 aliphatic heterocycles. The van der Waals surface area contributed by atoms with Crippen LogP contribution in [-0.2, 0) is 0 Å². The van der Waals surface area contributed by atoms with Crippen molar-refractivity contribution in [2.45, 2.75) is 16.7 Å². The number of nitro groups is 1. The minimum Gasteiger partial charge on any atom is -0.307 e. The number of hydrogen-bond donors (Lipinski definition) is 1. The van der Waals surface area contributed by atoms with Crippen molar-refractivity contribution < 1.29 is 9.72 Å². The standard InChI is InChI=1S/C19H14ClN3O3S/c1-12-2-9-18(21-11-12)22-19(24)16-10-14(23(25)26)5-8-17(16)27-15-6-3-13(20)4-7-15/h2-11H,1H3,(H,21,22,24). The highest BCUT2D eigenvalue weighted by Crippen LogP contribution is 2.33. The van der Waals surface area contributed by atoms with Gasteiger partial charge in [-0.05, 0) is 48.9 Å². The zero-order valence-corrected chi connectivity index (χ0v) is 15.8. The van der Waals surface area contributed by atoms with Gasteiger partial charge < -0.3 is 5.32 Å². The first kappa shape index (κ1) is 18.9. The summed E-state index contributed by atoms with van der Waals surface area (Å²) in [5.74, 6) is -0.0916. The van der Waals surface area contributed by atoms with Crippen LogP contribution in [0.2, 0.25) is 5.02 Å². The van der Waals surface area contributed by atoms with Crippen LogP contribution in [0.3, 0.4) is 0 Å². The van der Waals surface area contributed by atoms with Crippen LogP contribution in [0, 0.1) is 17.0 Å². The lowest BCUT2D eigenvalue weighted by Crippen LogP contribution is -2.14. The first-order chi connectivity index (χ1) is 12.9. The number of nitrogens with zero attached hydrogens (tertiary/aromatic N) is 2. The van der Waals surface area contributed by atoms with Gasteiger partial charge in [-0.2, -0.15) is 0 Å². The van der Waals surface area contributed by atoms with E-state index in [9.17, 15) is 14.9 Å². The molecule has 3 rings (SSSR count). The highest BCUT2D eigenvalue weighted by molar-refractivity contribution is 7.99. The molecule has 1 heterocycles. The van der Waals surface area contributed by atoms with Crippen molar-refractivity contribution in [3.8, 4) is 0 Å². The summed E-state index contributed by atoms with van der Waals surface area (Å²) >= 11 is 7.22. The van der Waals surface area contributed by atoms with E-state index in [1.54, 1.807) is 30.5 Å². The molecular weight excluding hydrogens is 386 g/mol. The lowest BCUT2D eigenvalue weighted by atomic mass is 10.2. The van der Waals surface area contributed by atoms with Crippen molar-refractivity contribution in [3.05, 3.63) is 87.1 Å². The number of benzene rings is 2. The van der Waals surface area contributed by atoms with E-state index in [0.717, 1.165) is 10.5 Å². The van der Waals surface area contributed by atoms with Gasteiger partial charge in [-0.1, -0.05) is 29.4 Å². The largest absolute Gasteiger partial charge is 0.307 e. The van der Waals surface area contributed by atoms with Crippen LogP contribution in [0.5, 0.6) is 0 Å². The Labute approximate surface area is 164 Å². The van der Waals surface area contributed by atoms with E-state index in [2.05, 4.69) is 10.3 Å².